The Morgan fingerprint density at radius 3 is 2.45 bits per heavy atom. The molecule has 156 valence electrons. The minimum absolute atomic E-state index is 0.116. The Morgan fingerprint density at radius 2 is 1.71 bits per heavy atom. The molecular formula is C25H24N4O2. The number of aromatic nitrogens is 1. The predicted molar refractivity (Wildman–Crippen MR) is 126 cm³/mol. The van der Waals surface area contributed by atoms with Crippen molar-refractivity contribution in [2.75, 3.05) is 19.0 Å². The van der Waals surface area contributed by atoms with Gasteiger partial charge in [-0.1, -0.05) is 48.5 Å². The van der Waals surface area contributed by atoms with Gasteiger partial charge in [0.25, 0.3) is 5.91 Å². The summed E-state index contributed by atoms with van der Waals surface area (Å²) in [6.45, 7) is 0.116. The lowest BCUT2D eigenvalue weighted by Gasteiger charge is -2.07. The van der Waals surface area contributed by atoms with Crippen LogP contribution in [0.1, 0.15) is 5.56 Å². The fourth-order valence-corrected chi connectivity index (χ4v) is 3.60. The molecule has 1 amide bonds. The van der Waals surface area contributed by atoms with E-state index in [-0.39, 0.29) is 12.5 Å². The standard InChI is InChI=1S/C25H24N4O2/c1-29-23-11-7-6-10-21(23)22(25(29)18-8-4-3-5-9-18)16-27-28-24(30)17-26-19-12-14-20(31-2)15-13-19/h3-16,26H,17H2,1-2H3,(H,28,30)/b27-16+. The molecule has 31 heavy (non-hydrogen) atoms. The van der Waals surface area contributed by atoms with Gasteiger partial charge in [-0.2, -0.15) is 5.10 Å². The first kappa shape index (κ1) is 20.2. The molecule has 0 unspecified atom stereocenters. The zero-order chi connectivity index (χ0) is 21.6. The van der Waals surface area contributed by atoms with Crippen LogP contribution in [-0.2, 0) is 11.8 Å². The lowest BCUT2D eigenvalue weighted by atomic mass is 10.1. The lowest BCUT2D eigenvalue weighted by Crippen LogP contribution is -2.25. The van der Waals surface area contributed by atoms with Gasteiger partial charge in [-0.25, -0.2) is 5.43 Å². The van der Waals surface area contributed by atoms with E-state index < -0.39 is 0 Å². The molecule has 0 atom stereocenters. The number of ether oxygens (including phenoxy) is 1. The zero-order valence-electron chi connectivity index (χ0n) is 17.5. The van der Waals surface area contributed by atoms with Gasteiger partial charge in [-0.15, -0.1) is 0 Å². The second-order valence-electron chi connectivity index (χ2n) is 7.08. The second kappa shape index (κ2) is 9.17. The molecule has 0 radical (unpaired) electrons. The highest BCUT2D eigenvalue weighted by atomic mass is 16.5. The third-order valence-corrected chi connectivity index (χ3v) is 5.12. The number of benzene rings is 3. The molecule has 0 aliphatic carbocycles. The first-order valence-electron chi connectivity index (χ1n) is 10.00. The van der Waals surface area contributed by atoms with E-state index in [1.54, 1.807) is 13.3 Å². The number of nitrogens with one attached hydrogen (secondary N) is 2. The average molecular weight is 412 g/mol. The number of anilines is 1. The lowest BCUT2D eigenvalue weighted by molar-refractivity contribution is -0.119. The number of aryl methyl sites for hydroxylation is 1. The molecule has 4 aromatic rings. The number of hydrazone groups is 1. The molecule has 1 aromatic heterocycles. The van der Waals surface area contributed by atoms with Crippen molar-refractivity contribution in [1.82, 2.24) is 9.99 Å². The van der Waals surface area contributed by atoms with Crippen LogP contribution in [0, 0.1) is 0 Å². The van der Waals surface area contributed by atoms with Crippen LogP contribution in [0.25, 0.3) is 22.2 Å². The molecule has 6 heteroatoms. The molecule has 0 aliphatic heterocycles. The third kappa shape index (κ3) is 4.43. The second-order valence-corrected chi connectivity index (χ2v) is 7.08. The number of carbonyl (C=O) groups excluding carboxylic acids is 1. The van der Waals surface area contributed by atoms with Crippen molar-refractivity contribution < 1.29 is 9.53 Å². The van der Waals surface area contributed by atoms with Crippen molar-refractivity contribution in [3.05, 3.63) is 84.4 Å². The van der Waals surface area contributed by atoms with Crippen LogP contribution < -0.4 is 15.5 Å². The number of hydrogen-bond acceptors (Lipinski definition) is 4. The maximum Gasteiger partial charge on any atom is 0.259 e. The van der Waals surface area contributed by atoms with Gasteiger partial charge in [0.2, 0.25) is 0 Å². The summed E-state index contributed by atoms with van der Waals surface area (Å²) in [5.41, 5.74) is 7.66. The molecule has 0 fully saturated rings. The molecular weight excluding hydrogens is 388 g/mol. The van der Waals surface area contributed by atoms with Crippen molar-refractivity contribution in [2.24, 2.45) is 12.1 Å². The summed E-state index contributed by atoms with van der Waals surface area (Å²) >= 11 is 0. The highest BCUT2D eigenvalue weighted by molar-refractivity contribution is 6.06. The fourth-order valence-electron chi connectivity index (χ4n) is 3.60. The van der Waals surface area contributed by atoms with E-state index in [4.69, 9.17) is 4.74 Å². The number of fused-ring (bicyclic) bond motifs is 1. The van der Waals surface area contributed by atoms with E-state index in [0.29, 0.717) is 0 Å². The zero-order valence-corrected chi connectivity index (χ0v) is 17.5. The van der Waals surface area contributed by atoms with Gasteiger partial charge in [-0.3, -0.25) is 4.79 Å². The van der Waals surface area contributed by atoms with E-state index in [0.717, 1.165) is 39.2 Å². The Bertz CT molecular complexity index is 1210. The van der Waals surface area contributed by atoms with E-state index >= 15 is 0 Å². The number of para-hydroxylation sites is 1. The van der Waals surface area contributed by atoms with Crippen LogP contribution in [0.15, 0.2) is 84.0 Å². The first-order valence-corrected chi connectivity index (χ1v) is 10.00. The number of hydrogen-bond donors (Lipinski definition) is 2. The monoisotopic (exact) mass is 412 g/mol. The Balaban J connectivity index is 1.50. The predicted octanol–water partition coefficient (Wildman–Crippen LogP) is 4.42. The van der Waals surface area contributed by atoms with Gasteiger partial charge < -0.3 is 14.6 Å². The molecule has 0 saturated carbocycles. The molecule has 4 rings (SSSR count). The highest BCUT2D eigenvalue weighted by Gasteiger charge is 2.15. The molecule has 0 saturated heterocycles. The van der Waals surface area contributed by atoms with Crippen molar-refractivity contribution in [3.8, 4) is 17.0 Å². The first-order chi connectivity index (χ1) is 15.2. The van der Waals surface area contributed by atoms with Crippen molar-refractivity contribution in [1.29, 1.82) is 0 Å². The smallest absolute Gasteiger partial charge is 0.259 e. The van der Waals surface area contributed by atoms with Crippen molar-refractivity contribution in [3.63, 3.8) is 0 Å². The Morgan fingerprint density at radius 1 is 1.00 bits per heavy atom. The quantitative estimate of drug-likeness (QED) is 0.349. The van der Waals surface area contributed by atoms with Crippen LogP contribution in [-0.4, -0.2) is 30.3 Å². The molecule has 3 aromatic carbocycles. The Kier molecular flexibility index (Phi) is 5.98. The van der Waals surface area contributed by atoms with E-state index in [1.807, 2.05) is 61.6 Å². The van der Waals surface area contributed by atoms with Crippen LogP contribution in [0.3, 0.4) is 0 Å². The molecule has 2 N–H and O–H groups in total. The maximum atomic E-state index is 12.2. The van der Waals surface area contributed by atoms with E-state index in [9.17, 15) is 4.79 Å². The van der Waals surface area contributed by atoms with Crippen LogP contribution in [0.2, 0.25) is 0 Å². The number of rotatable bonds is 7. The number of carbonyl (C=O) groups is 1. The fraction of sp³-hybridized carbons (Fsp3) is 0.120. The van der Waals surface area contributed by atoms with Crippen LogP contribution in [0.5, 0.6) is 5.75 Å². The average Bonchev–Trinajstić information content (AvgIpc) is 3.10. The van der Waals surface area contributed by atoms with Crippen molar-refractivity contribution >= 4 is 28.7 Å². The summed E-state index contributed by atoms with van der Waals surface area (Å²) in [6, 6.07) is 25.7. The normalized spacial score (nSPS) is 11.0. The molecule has 0 spiro atoms. The molecule has 1 heterocycles. The molecule has 6 nitrogen and oxygen atoms in total. The van der Waals surface area contributed by atoms with Gasteiger partial charge in [0.1, 0.15) is 5.75 Å². The number of amides is 1. The summed E-state index contributed by atoms with van der Waals surface area (Å²) in [5, 5.41) is 8.38. The van der Waals surface area contributed by atoms with E-state index in [2.05, 4.69) is 44.7 Å². The van der Waals surface area contributed by atoms with Gasteiger partial charge in [0.15, 0.2) is 0 Å². The summed E-state index contributed by atoms with van der Waals surface area (Å²) in [6.07, 6.45) is 1.72. The maximum absolute atomic E-state index is 12.2. The van der Waals surface area contributed by atoms with Crippen molar-refractivity contribution in [2.45, 2.75) is 0 Å². The minimum atomic E-state index is -0.228. The van der Waals surface area contributed by atoms with Gasteiger partial charge in [0.05, 0.1) is 25.6 Å². The van der Waals surface area contributed by atoms with Crippen LogP contribution >= 0.6 is 0 Å². The Labute approximate surface area is 181 Å². The topological polar surface area (TPSA) is 67.7 Å². The van der Waals surface area contributed by atoms with E-state index in [1.165, 1.54) is 0 Å². The summed E-state index contributed by atoms with van der Waals surface area (Å²) in [7, 11) is 3.66. The van der Waals surface area contributed by atoms with Gasteiger partial charge >= 0.3 is 0 Å². The summed E-state index contributed by atoms with van der Waals surface area (Å²) < 4.78 is 7.29. The van der Waals surface area contributed by atoms with Gasteiger partial charge in [0, 0.05) is 29.2 Å². The van der Waals surface area contributed by atoms with Crippen LogP contribution in [0.4, 0.5) is 5.69 Å². The largest absolute Gasteiger partial charge is 0.497 e. The molecule has 0 aliphatic rings. The Hall–Kier alpha value is -4.06. The van der Waals surface area contributed by atoms with Gasteiger partial charge in [-0.05, 0) is 35.9 Å². The molecule has 0 bridgehead atoms. The SMILES string of the molecule is COc1ccc(NCC(=O)N/N=C/c2c(-c3ccccc3)n(C)c3ccccc23)cc1. The number of nitrogens with zero attached hydrogens (tertiary/aromatic N) is 2. The highest BCUT2D eigenvalue weighted by Crippen LogP contribution is 2.31. The number of methoxy groups -OCH3 is 1. The summed E-state index contributed by atoms with van der Waals surface area (Å²) in [4.78, 5) is 12.2. The third-order valence-electron chi connectivity index (χ3n) is 5.12. The minimum Gasteiger partial charge on any atom is -0.497 e. The summed E-state index contributed by atoms with van der Waals surface area (Å²) in [5.74, 6) is 0.539.